The number of halogens is 1. The van der Waals surface area contributed by atoms with Crippen LogP contribution in [0.5, 0.6) is 0 Å². The molecule has 3 nitrogen and oxygen atoms in total. The van der Waals surface area contributed by atoms with E-state index in [0.717, 1.165) is 5.56 Å². The molecule has 0 aromatic heterocycles. The van der Waals surface area contributed by atoms with Crippen LogP contribution in [0.2, 0.25) is 0 Å². The van der Waals surface area contributed by atoms with Gasteiger partial charge >= 0.3 is 0 Å². The van der Waals surface area contributed by atoms with Gasteiger partial charge in [0.2, 0.25) is 5.91 Å². The largest absolute Gasteiger partial charge is 0.325 e. The van der Waals surface area contributed by atoms with Crippen LogP contribution in [0.15, 0.2) is 42.5 Å². The summed E-state index contributed by atoms with van der Waals surface area (Å²) in [7, 11) is 0. The van der Waals surface area contributed by atoms with Gasteiger partial charge in [0.15, 0.2) is 5.78 Å². The van der Waals surface area contributed by atoms with Gasteiger partial charge in [0, 0.05) is 11.3 Å². The zero-order chi connectivity index (χ0) is 15.2. The van der Waals surface area contributed by atoms with Gasteiger partial charge in [0.05, 0.1) is 11.0 Å². The lowest BCUT2D eigenvalue weighted by molar-refractivity contribution is -0.119. The molecule has 0 unspecified atom stereocenters. The third-order valence-corrected chi connectivity index (χ3v) is 3.89. The fourth-order valence-electron chi connectivity index (χ4n) is 2.51. The van der Waals surface area contributed by atoms with Crippen molar-refractivity contribution in [3.05, 3.63) is 65.0 Å². The molecule has 0 saturated carbocycles. The number of hydrogen-bond acceptors (Lipinski definition) is 2. The fourth-order valence-corrected chi connectivity index (χ4v) is 2.51. The van der Waals surface area contributed by atoms with Crippen LogP contribution in [-0.2, 0) is 10.2 Å². The number of carbonyl (C=O) groups is 2. The van der Waals surface area contributed by atoms with E-state index in [-0.39, 0.29) is 17.3 Å². The quantitative estimate of drug-likeness (QED) is 0.860. The van der Waals surface area contributed by atoms with Crippen molar-refractivity contribution in [1.82, 2.24) is 0 Å². The molecule has 0 saturated heterocycles. The lowest BCUT2D eigenvalue weighted by Crippen LogP contribution is -2.27. The number of nitrogens with one attached hydrogen (secondary N) is 1. The summed E-state index contributed by atoms with van der Waals surface area (Å²) in [4.78, 5) is 24.3. The smallest absolute Gasteiger partial charge is 0.234 e. The minimum Gasteiger partial charge on any atom is -0.325 e. The minimum absolute atomic E-state index is 0.0348. The van der Waals surface area contributed by atoms with E-state index >= 15 is 0 Å². The van der Waals surface area contributed by atoms with Crippen molar-refractivity contribution < 1.29 is 14.0 Å². The van der Waals surface area contributed by atoms with Gasteiger partial charge in [-0.05, 0) is 49.7 Å². The molecule has 0 fully saturated rings. The Bertz CT molecular complexity index is 765. The second-order valence-electron chi connectivity index (χ2n) is 5.65. The summed E-state index contributed by atoms with van der Waals surface area (Å²) in [6.07, 6.45) is 0. The summed E-state index contributed by atoms with van der Waals surface area (Å²) in [5, 5.41) is 2.78. The van der Waals surface area contributed by atoms with Gasteiger partial charge in [0.1, 0.15) is 5.82 Å². The first-order valence-corrected chi connectivity index (χ1v) is 6.66. The van der Waals surface area contributed by atoms with Crippen LogP contribution in [0, 0.1) is 5.82 Å². The molecule has 1 aliphatic rings. The van der Waals surface area contributed by atoms with Crippen molar-refractivity contribution >= 4 is 17.4 Å². The molecule has 4 heteroatoms. The van der Waals surface area contributed by atoms with Crippen LogP contribution in [0.4, 0.5) is 10.1 Å². The Hall–Kier alpha value is -2.49. The average Bonchev–Trinajstić information content (AvgIpc) is 2.69. The second-order valence-corrected chi connectivity index (χ2v) is 5.65. The SMILES string of the molecule is CC1(C)C(=O)Nc2ccc(C(=O)c3ccccc3F)cc21. The van der Waals surface area contributed by atoms with Gasteiger partial charge in [-0.1, -0.05) is 12.1 Å². The molecular weight excluding hydrogens is 269 g/mol. The topological polar surface area (TPSA) is 46.2 Å². The molecule has 2 aromatic carbocycles. The molecule has 0 radical (unpaired) electrons. The van der Waals surface area contributed by atoms with Crippen molar-refractivity contribution in [3.8, 4) is 0 Å². The van der Waals surface area contributed by atoms with Crippen molar-refractivity contribution in [2.75, 3.05) is 5.32 Å². The van der Waals surface area contributed by atoms with E-state index in [1.54, 1.807) is 44.2 Å². The number of anilines is 1. The first kappa shape index (κ1) is 13.5. The molecular formula is C17H14FNO2. The van der Waals surface area contributed by atoms with Gasteiger partial charge in [0.25, 0.3) is 0 Å². The molecule has 3 rings (SSSR count). The van der Waals surface area contributed by atoms with E-state index in [1.165, 1.54) is 12.1 Å². The van der Waals surface area contributed by atoms with Crippen LogP contribution in [0.25, 0.3) is 0 Å². The van der Waals surface area contributed by atoms with Gasteiger partial charge in [-0.15, -0.1) is 0 Å². The Labute approximate surface area is 121 Å². The summed E-state index contributed by atoms with van der Waals surface area (Å²) >= 11 is 0. The van der Waals surface area contributed by atoms with Crippen LogP contribution < -0.4 is 5.32 Å². The molecule has 0 aliphatic carbocycles. The molecule has 0 bridgehead atoms. The molecule has 0 atom stereocenters. The molecule has 1 aliphatic heterocycles. The number of benzene rings is 2. The van der Waals surface area contributed by atoms with Crippen molar-refractivity contribution in [2.24, 2.45) is 0 Å². The Morgan fingerprint density at radius 1 is 1.14 bits per heavy atom. The number of hydrogen-bond donors (Lipinski definition) is 1. The highest BCUT2D eigenvalue weighted by Gasteiger charge is 2.38. The molecule has 21 heavy (non-hydrogen) atoms. The first-order chi connectivity index (χ1) is 9.91. The summed E-state index contributed by atoms with van der Waals surface area (Å²) in [5.41, 5.74) is 1.18. The van der Waals surface area contributed by atoms with Gasteiger partial charge < -0.3 is 5.32 Å². The lowest BCUT2D eigenvalue weighted by atomic mass is 9.84. The number of ketones is 1. The highest BCUT2D eigenvalue weighted by atomic mass is 19.1. The summed E-state index contributed by atoms with van der Waals surface area (Å²) in [5.74, 6) is -1.03. The molecule has 0 spiro atoms. The van der Waals surface area contributed by atoms with Gasteiger partial charge in [-0.2, -0.15) is 0 Å². The Morgan fingerprint density at radius 3 is 2.57 bits per heavy atom. The second kappa shape index (κ2) is 4.52. The van der Waals surface area contributed by atoms with Crippen LogP contribution >= 0.6 is 0 Å². The van der Waals surface area contributed by atoms with Crippen molar-refractivity contribution in [1.29, 1.82) is 0 Å². The maximum absolute atomic E-state index is 13.7. The highest BCUT2D eigenvalue weighted by Crippen LogP contribution is 2.38. The number of rotatable bonds is 2. The summed E-state index contributed by atoms with van der Waals surface area (Å²) in [6, 6.07) is 10.8. The predicted octanol–water partition coefficient (Wildman–Crippen LogP) is 3.29. The average molecular weight is 283 g/mol. The van der Waals surface area contributed by atoms with Crippen LogP contribution in [-0.4, -0.2) is 11.7 Å². The van der Waals surface area contributed by atoms with Crippen molar-refractivity contribution in [2.45, 2.75) is 19.3 Å². The van der Waals surface area contributed by atoms with Gasteiger partial charge in [-0.25, -0.2) is 4.39 Å². The summed E-state index contributed by atoms with van der Waals surface area (Å²) < 4.78 is 13.7. The Kier molecular flexibility index (Phi) is 2.90. The number of fused-ring (bicyclic) bond motifs is 1. The molecule has 2 aromatic rings. The maximum Gasteiger partial charge on any atom is 0.234 e. The zero-order valence-corrected chi connectivity index (χ0v) is 11.7. The normalized spacial score (nSPS) is 15.5. The number of amides is 1. The monoisotopic (exact) mass is 283 g/mol. The zero-order valence-electron chi connectivity index (χ0n) is 11.7. The van der Waals surface area contributed by atoms with Crippen LogP contribution in [0.3, 0.4) is 0 Å². The van der Waals surface area contributed by atoms with E-state index in [0.29, 0.717) is 11.3 Å². The van der Waals surface area contributed by atoms with Crippen molar-refractivity contribution in [3.63, 3.8) is 0 Å². The minimum atomic E-state index is -0.694. The molecule has 1 N–H and O–H groups in total. The number of carbonyl (C=O) groups excluding carboxylic acids is 2. The fraction of sp³-hybridized carbons (Fsp3) is 0.176. The Balaban J connectivity index is 2.07. The van der Waals surface area contributed by atoms with E-state index in [2.05, 4.69) is 5.32 Å². The maximum atomic E-state index is 13.7. The predicted molar refractivity (Wildman–Crippen MR) is 77.9 cm³/mol. The van der Waals surface area contributed by atoms with E-state index in [4.69, 9.17) is 0 Å². The van der Waals surface area contributed by atoms with Gasteiger partial charge in [-0.3, -0.25) is 9.59 Å². The summed E-state index contributed by atoms with van der Waals surface area (Å²) in [6.45, 7) is 3.59. The molecule has 1 heterocycles. The highest BCUT2D eigenvalue weighted by molar-refractivity contribution is 6.11. The third kappa shape index (κ3) is 2.03. The lowest BCUT2D eigenvalue weighted by Gasteiger charge is -2.15. The molecule has 1 amide bonds. The van der Waals surface area contributed by atoms with Crippen LogP contribution in [0.1, 0.15) is 35.3 Å². The standard InChI is InChI=1S/C17H14FNO2/c1-17(2)12-9-10(7-8-14(12)19-16(17)21)15(20)11-5-3-4-6-13(11)18/h3-9H,1-2H3,(H,19,21). The van der Waals surface area contributed by atoms with E-state index < -0.39 is 11.2 Å². The first-order valence-electron chi connectivity index (χ1n) is 6.66. The molecule has 106 valence electrons. The van der Waals surface area contributed by atoms with E-state index in [9.17, 15) is 14.0 Å². The van der Waals surface area contributed by atoms with E-state index in [1.807, 2.05) is 0 Å². The Morgan fingerprint density at radius 2 is 1.86 bits per heavy atom. The third-order valence-electron chi connectivity index (χ3n) is 3.89.